The first-order chi connectivity index (χ1) is 9.06. The molecule has 7 heteroatoms. The minimum Gasteiger partial charge on any atom is -0.322 e. The lowest BCUT2D eigenvalue weighted by Crippen LogP contribution is -2.22. The fraction of sp³-hybridized carbons (Fsp3) is 0.250. The van der Waals surface area contributed by atoms with E-state index in [0.29, 0.717) is 5.69 Å². The van der Waals surface area contributed by atoms with Crippen molar-refractivity contribution < 1.29 is 4.79 Å². The van der Waals surface area contributed by atoms with Crippen LogP contribution in [0.4, 0.5) is 5.69 Å². The third-order valence-electron chi connectivity index (χ3n) is 2.26. The van der Waals surface area contributed by atoms with Crippen molar-refractivity contribution in [3.63, 3.8) is 0 Å². The van der Waals surface area contributed by atoms with Gasteiger partial charge in [-0.15, -0.1) is 11.3 Å². The number of pyridine rings is 1. The Kier molecular flexibility index (Phi) is 4.79. The number of aryl methyl sites for hydroxylation is 1. The highest BCUT2D eigenvalue weighted by Crippen LogP contribution is 2.27. The van der Waals surface area contributed by atoms with Gasteiger partial charge in [0.15, 0.2) is 9.49 Å². The van der Waals surface area contributed by atoms with Crippen molar-refractivity contribution >= 4 is 46.3 Å². The topological polar surface area (TPSA) is 54.9 Å². The molecular formula is C12H12ClN3OS2. The van der Waals surface area contributed by atoms with Crippen LogP contribution in [-0.2, 0) is 4.79 Å². The summed E-state index contributed by atoms with van der Waals surface area (Å²) >= 11 is 8.86. The van der Waals surface area contributed by atoms with Crippen LogP contribution in [0, 0.1) is 6.92 Å². The SMILES string of the molecule is Cc1csc(S[C@H](C)C(=O)Nc2cccnc2Cl)n1. The van der Waals surface area contributed by atoms with Gasteiger partial charge in [-0.3, -0.25) is 4.79 Å². The molecular weight excluding hydrogens is 302 g/mol. The van der Waals surface area contributed by atoms with Crippen LogP contribution in [0.25, 0.3) is 0 Å². The van der Waals surface area contributed by atoms with Gasteiger partial charge in [-0.05, 0) is 26.0 Å². The minimum absolute atomic E-state index is 0.118. The maximum absolute atomic E-state index is 12.0. The van der Waals surface area contributed by atoms with E-state index in [4.69, 9.17) is 11.6 Å². The second-order valence-corrected chi connectivity index (χ2v) is 6.65. The van der Waals surface area contributed by atoms with Crippen LogP contribution in [-0.4, -0.2) is 21.1 Å². The summed E-state index contributed by atoms with van der Waals surface area (Å²) in [6, 6.07) is 3.45. The molecule has 100 valence electrons. The van der Waals surface area contributed by atoms with E-state index in [1.807, 2.05) is 19.2 Å². The van der Waals surface area contributed by atoms with Gasteiger partial charge in [-0.25, -0.2) is 9.97 Å². The molecule has 0 aliphatic heterocycles. The molecule has 0 fully saturated rings. The number of carbonyl (C=O) groups is 1. The summed E-state index contributed by atoms with van der Waals surface area (Å²) in [6.45, 7) is 3.77. The van der Waals surface area contributed by atoms with Gasteiger partial charge in [0.05, 0.1) is 10.9 Å². The molecule has 2 aromatic rings. The predicted octanol–water partition coefficient (Wildman–Crippen LogP) is 3.62. The number of rotatable bonds is 4. The summed E-state index contributed by atoms with van der Waals surface area (Å²) < 4.78 is 0.887. The summed E-state index contributed by atoms with van der Waals surface area (Å²) in [6.07, 6.45) is 1.58. The summed E-state index contributed by atoms with van der Waals surface area (Å²) in [4.78, 5) is 20.3. The third-order valence-corrected chi connectivity index (χ3v) is 4.75. The highest BCUT2D eigenvalue weighted by atomic mass is 35.5. The average Bonchev–Trinajstić information content (AvgIpc) is 2.77. The van der Waals surface area contributed by atoms with E-state index in [1.165, 1.54) is 23.1 Å². The molecule has 0 aliphatic rings. The summed E-state index contributed by atoms with van der Waals surface area (Å²) in [5.41, 5.74) is 1.49. The number of carbonyl (C=O) groups excluding carboxylic acids is 1. The molecule has 0 saturated carbocycles. The Morgan fingerprint density at radius 3 is 3.00 bits per heavy atom. The minimum atomic E-state index is -0.248. The van der Waals surface area contributed by atoms with Gasteiger partial charge in [0.1, 0.15) is 0 Å². The highest BCUT2D eigenvalue weighted by molar-refractivity contribution is 8.02. The van der Waals surface area contributed by atoms with E-state index in [1.54, 1.807) is 18.3 Å². The molecule has 0 saturated heterocycles. The Bertz CT molecular complexity index is 588. The van der Waals surface area contributed by atoms with Gasteiger partial charge in [-0.1, -0.05) is 23.4 Å². The van der Waals surface area contributed by atoms with Gasteiger partial charge in [0, 0.05) is 17.3 Å². The van der Waals surface area contributed by atoms with Crippen molar-refractivity contribution in [2.24, 2.45) is 0 Å². The monoisotopic (exact) mass is 313 g/mol. The van der Waals surface area contributed by atoms with E-state index in [9.17, 15) is 4.79 Å². The van der Waals surface area contributed by atoms with Gasteiger partial charge < -0.3 is 5.32 Å². The van der Waals surface area contributed by atoms with Crippen molar-refractivity contribution in [2.45, 2.75) is 23.4 Å². The van der Waals surface area contributed by atoms with Crippen LogP contribution >= 0.6 is 34.7 Å². The summed E-state index contributed by atoms with van der Waals surface area (Å²) in [5.74, 6) is -0.118. The Labute approximate surface area is 124 Å². The lowest BCUT2D eigenvalue weighted by molar-refractivity contribution is -0.115. The predicted molar refractivity (Wildman–Crippen MR) is 80.0 cm³/mol. The van der Waals surface area contributed by atoms with Crippen LogP contribution < -0.4 is 5.32 Å². The number of anilines is 1. The molecule has 0 radical (unpaired) electrons. The van der Waals surface area contributed by atoms with Gasteiger partial charge in [-0.2, -0.15) is 0 Å². The van der Waals surface area contributed by atoms with Gasteiger partial charge >= 0.3 is 0 Å². The maximum Gasteiger partial charge on any atom is 0.237 e. The molecule has 2 heterocycles. The number of aromatic nitrogens is 2. The molecule has 0 spiro atoms. The van der Waals surface area contributed by atoms with Gasteiger partial charge in [0.2, 0.25) is 5.91 Å². The number of amides is 1. The number of hydrogen-bond donors (Lipinski definition) is 1. The molecule has 1 N–H and O–H groups in total. The average molecular weight is 314 g/mol. The number of nitrogens with zero attached hydrogens (tertiary/aromatic N) is 2. The van der Waals surface area contributed by atoms with Crippen LogP contribution in [0.3, 0.4) is 0 Å². The van der Waals surface area contributed by atoms with Crippen LogP contribution in [0.1, 0.15) is 12.6 Å². The second kappa shape index (κ2) is 6.36. The third kappa shape index (κ3) is 3.92. The maximum atomic E-state index is 12.0. The molecule has 0 unspecified atom stereocenters. The normalized spacial score (nSPS) is 12.2. The first-order valence-electron chi connectivity index (χ1n) is 5.56. The van der Waals surface area contributed by atoms with Crippen LogP contribution in [0.15, 0.2) is 28.0 Å². The number of halogens is 1. The van der Waals surface area contributed by atoms with E-state index in [-0.39, 0.29) is 16.3 Å². The molecule has 0 bridgehead atoms. The van der Waals surface area contributed by atoms with E-state index in [0.717, 1.165) is 10.0 Å². The van der Waals surface area contributed by atoms with E-state index in [2.05, 4.69) is 15.3 Å². The standard InChI is InChI=1S/C12H12ClN3OS2/c1-7-6-18-12(15-7)19-8(2)11(17)16-9-4-3-5-14-10(9)13/h3-6,8H,1-2H3,(H,16,17)/t8-/m1/s1. The van der Waals surface area contributed by atoms with E-state index < -0.39 is 0 Å². The molecule has 1 atom stereocenters. The molecule has 2 aromatic heterocycles. The van der Waals surface area contributed by atoms with Crippen molar-refractivity contribution in [2.75, 3.05) is 5.32 Å². The number of nitrogens with one attached hydrogen (secondary N) is 1. The Morgan fingerprint density at radius 1 is 1.58 bits per heavy atom. The highest BCUT2D eigenvalue weighted by Gasteiger charge is 2.17. The zero-order chi connectivity index (χ0) is 13.8. The molecule has 2 rings (SSSR count). The van der Waals surface area contributed by atoms with Crippen molar-refractivity contribution in [3.05, 3.63) is 34.6 Å². The number of hydrogen-bond acceptors (Lipinski definition) is 5. The molecule has 0 aliphatic carbocycles. The summed E-state index contributed by atoms with van der Waals surface area (Å²) in [7, 11) is 0. The molecule has 1 amide bonds. The van der Waals surface area contributed by atoms with Crippen molar-refractivity contribution in [3.8, 4) is 0 Å². The molecule has 19 heavy (non-hydrogen) atoms. The Balaban J connectivity index is 1.98. The van der Waals surface area contributed by atoms with Gasteiger partial charge in [0.25, 0.3) is 0 Å². The van der Waals surface area contributed by atoms with Crippen molar-refractivity contribution in [1.82, 2.24) is 9.97 Å². The van der Waals surface area contributed by atoms with E-state index >= 15 is 0 Å². The zero-order valence-electron chi connectivity index (χ0n) is 10.4. The fourth-order valence-electron chi connectivity index (χ4n) is 1.30. The number of thioether (sulfide) groups is 1. The number of thiazole rings is 1. The summed E-state index contributed by atoms with van der Waals surface area (Å²) in [5, 5.41) is 4.76. The Hall–Kier alpha value is -1.11. The molecule has 4 nitrogen and oxygen atoms in total. The molecule has 0 aromatic carbocycles. The first kappa shape index (κ1) is 14.3. The lowest BCUT2D eigenvalue weighted by atomic mass is 10.4. The zero-order valence-corrected chi connectivity index (χ0v) is 12.8. The quantitative estimate of drug-likeness (QED) is 0.692. The van der Waals surface area contributed by atoms with Crippen molar-refractivity contribution in [1.29, 1.82) is 0 Å². The second-order valence-electron chi connectivity index (χ2n) is 3.85. The Morgan fingerprint density at radius 2 is 2.37 bits per heavy atom. The van der Waals surface area contributed by atoms with Crippen LogP contribution in [0.2, 0.25) is 5.15 Å². The fourth-order valence-corrected chi connectivity index (χ4v) is 3.46. The lowest BCUT2D eigenvalue weighted by Gasteiger charge is -2.10. The smallest absolute Gasteiger partial charge is 0.237 e. The largest absolute Gasteiger partial charge is 0.322 e. The first-order valence-corrected chi connectivity index (χ1v) is 7.70. The van der Waals surface area contributed by atoms with Crippen LogP contribution in [0.5, 0.6) is 0 Å².